The molecular weight excluding hydrogens is 509 g/mol. The van der Waals surface area contributed by atoms with Crippen LogP contribution in [0.3, 0.4) is 0 Å². The predicted molar refractivity (Wildman–Crippen MR) is 121 cm³/mol. The van der Waals surface area contributed by atoms with Crippen LogP contribution in [0.2, 0.25) is 0 Å². The minimum atomic E-state index is -2.85. The van der Waals surface area contributed by atoms with Crippen molar-refractivity contribution in [2.75, 3.05) is 34.2 Å². The van der Waals surface area contributed by atoms with Crippen molar-refractivity contribution in [2.45, 2.75) is 19.6 Å². The maximum atomic E-state index is 12.3. The number of hydrogen-bond donors (Lipinski definition) is 1. The number of carbonyl (C=O) groups excluding carboxylic acids is 1. The van der Waals surface area contributed by atoms with Gasteiger partial charge < -0.3 is 24.3 Å². The van der Waals surface area contributed by atoms with Crippen LogP contribution in [-0.4, -0.2) is 62.5 Å². The number of likely N-dealkylation sites (N-methyl/N-ethyl adjacent to an activating group) is 1. The van der Waals surface area contributed by atoms with Crippen molar-refractivity contribution in [3.63, 3.8) is 0 Å². The van der Waals surface area contributed by atoms with Gasteiger partial charge in [-0.05, 0) is 29.8 Å². The Morgan fingerprint density at radius 3 is 2.47 bits per heavy atom. The van der Waals surface area contributed by atoms with E-state index >= 15 is 0 Å². The Labute approximate surface area is 192 Å². The van der Waals surface area contributed by atoms with E-state index in [0.29, 0.717) is 25.5 Å². The van der Waals surface area contributed by atoms with Crippen LogP contribution in [-0.2, 0) is 17.8 Å². The first-order valence-corrected chi connectivity index (χ1v) is 9.11. The van der Waals surface area contributed by atoms with E-state index in [2.05, 4.69) is 15.0 Å². The Kier molecular flexibility index (Phi) is 11.2. The third kappa shape index (κ3) is 8.97. The second kappa shape index (κ2) is 13.0. The molecule has 0 aliphatic carbocycles. The first kappa shape index (κ1) is 25.7. The number of benzene rings is 1. The van der Waals surface area contributed by atoms with Gasteiger partial charge in [-0.25, -0.2) is 4.99 Å². The third-order valence-corrected chi connectivity index (χ3v) is 4.03. The van der Waals surface area contributed by atoms with E-state index in [1.165, 1.54) is 17.0 Å². The number of nitrogens with zero attached hydrogens (tertiary/aromatic N) is 3. The van der Waals surface area contributed by atoms with Crippen LogP contribution in [0.1, 0.15) is 11.3 Å². The molecule has 0 aliphatic rings. The Hall–Kier alpha value is -2.37. The number of carbonyl (C=O) groups is 1. The van der Waals surface area contributed by atoms with Crippen molar-refractivity contribution in [1.82, 2.24) is 15.1 Å². The van der Waals surface area contributed by atoms with Crippen LogP contribution in [0.25, 0.3) is 0 Å². The number of rotatable bonds is 9. The van der Waals surface area contributed by atoms with Crippen molar-refractivity contribution in [2.24, 2.45) is 4.99 Å². The number of furan rings is 1. The minimum absolute atomic E-state index is 0. The molecule has 1 N–H and O–H groups in total. The summed E-state index contributed by atoms with van der Waals surface area (Å²) in [6.45, 7) is -1.79. The normalized spacial score (nSPS) is 11.1. The molecule has 0 fully saturated rings. The Bertz CT molecular complexity index is 784. The number of aliphatic imine (C=N–C) groups is 1. The van der Waals surface area contributed by atoms with E-state index in [9.17, 15) is 13.6 Å². The van der Waals surface area contributed by atoms with Crippen LogP contribution in [0.5, 0.6) is 5.75 Å². The average Bonchev–Trinajstić information content (AvgIpc) is 3.18. The largest absolute Gasteiger partial charge is 0.469 e. The molecule has 0 saturated carbocycles. The highest BCUT2D eigenvalue weighted by Crippen LogP contribution is 2.15. The first-order chi connectivity index (χ1) is 13.8. The van der Waals surface area contributed by atoms with Crippen LogP contribution >= 0.6 is 24.0 Å². The van der Waals surface area contributed by atoms with Gasteiger partial charge in [0.05, 0.1) is 6.26 Å². The summed E-state index contributed by atoms with van der Waals surface area (Å²) in [5.41, 5.74) is 0.883. The van der Waals surface area contributed by atoms with Gasteiger partial charge in [0.1, 0.15) is 18.1 Å². The highest BCUT2D eigenvalue weighted by atomic mass is 127. The Morgan fingerprint density at radius 2 is 1.90 bits per heavy atom. The van der Waals surface area contributed by atoms with Crippen molar-refractivity contribution >= 4 is 35.8 Å². The van der Waals surface area contributed by atoms with E-state index in [1.54, 1.807) is 32.5 Å². The summed E-state index contributed by atoms with van der Waals surface area (Å²) in [4.78, 5) is 19.6. The molecule has 1 aromatic heterocycles. The molecule has 7 nitrogen and oxygen atoms in total. The first-order valence-electron chi connectivity index (χ1n) is 9.11. The van der Waals surface area contributed by atoms with Gasteiger partial charge in [-0.15, -0.1) is 24.0 Å². The van der Waals surface area contributed by atoms with Crippen molar-refractivity contribution < 1.29 is 22.7 Å². The summed E-state index contributed by atoms with van der Waals surface area (Å²) in [5, 5.41) is 3.23. The van der Waals surface area contributed by atoms with E-state index in [0.717, 1.165) is 11.3 Å². The van der Waals surface area contributed by atoms with E-state index in [4.69, 9.17) is 4.42 Å². The lowest BCUT2D eigenvalue weighted by atomic mass is 10.2. The summed E-state index contributed by atoms with van der Waals surface area (Å²) in [5.74, 6) is 1.39. The highest BCUT2D eigenvalue weighted by molar-refractivity contribution is 14.0. The molecule has 10 heteroatoms. The fourth-order valence-electron chi connectivity index (χ4n) is 2.47. The molecule has 2 rings (SSSR count). The molecule has 2 aromatic rings. The van der Waals surface area contributed by atoms with E-state index in [1.807, 2.05) is 24.1 Å². The van der Waals surface area contributed by atoms with Crippen molar-refractivity contribution in [3.05, 3.63) is 54.0 Å². The maximum absolute atomic E-state index is 12.3. The maximum Gasteiger partial charge on any atom is 0.387 e. The lowest BCUT2D eigenvalue weighted by Crippen LogP contribution is -2.40. The zero-order valence-corrected chi connectivity index (χ0v) is 19.5. The number of halogens is 3. The van der Waals surface area contributed by atoms with Crippen LogP contribution in [0, 0.1) is 0 Å². The fraction of sp³-hybridized carbons (Fsp3) is 0.400. The summed E-state index contributed by atoms with van der Waals surface area (Å²) in [6.07, 6.45) is 2.29. The topological polar surface area (TPSA) is 70.3 Å². The molecule has 0 spiro atoms. The van der Waals surface area contributed by atoms with Crippen molar-refractivity contribution in [3.8, 4) is 5.75 Å². The molecule has 1 aromatic carbocycles. The second-order valence-corrected chi connectivity index (χ2v) is 6.56. The second-order valence-electron chi connectivity index (χ2n) is 6.56. The molecule has 0 radical (unpaired) electrons. The lowest BCUT2D eigenvalue weighted by Gasteiger charge is -2.23. The SMILES string of the molecule is CN(C)C(=O)CN=C(NCCc1ccco1)N(C)Cc1ccc(OC(F)F)cc1.I. The molecular formula is C20H27F2IN4O3. The minimum Gasteiger partial charge on any atom is -0.469 e. The van der Waals surface area contributed by atoms with Gasteiger partial charge in [-0.3, -0.25) is 4.79 Å². The van der Waals surface area contributed by atoms with E-state index in [-0.39, 0.29) is 42.2 Å². The summed E-state index contributed by atoms with van der Waals surface area (Å²) in [6, 6.07) is 10.1. The number of guanidine groups is 1. The quantitative estimate of drug-likeness (QED) is 0.303. The van der Waals surface area contributed by atoms with Crippen LogP contribution in [0.15, 0.2) is 52.1 Å². The summed E-state index contributed by atoms with van der Waals surface area (Å²) >= 11 is 0. The van der Waals surface area contributed by atoms with Gasteiger partial charge >= 0.3 is 6.61 Å². The Morgan fingerprint density at radius 1 is 1.20 bits per heavy atom. The highest BCUT2D eigenvalue weighted by Gasteiger charge is 2.11. The molecule has 30 heavy (non-hydrogen) atoms. The number of nitrogens with one attached hydrogen (secondary N) is 1. The van der Waals surface area contributed by atoms with Crippen molar-refractivity contribution in [1.29, 1.82) is 0 Å². The smallest absolute Gasteiger partial charge is 0.387 e. The molecule has 1 heterocycles. The molecule has 0 unspecified atom stereocenters. The number of hydrogen-bond acceptors (Lipinski definition) is 4. The Balaban J connectivity index is 0.00000450. The van der Waals surface area contributed by atoms with Gasteiger partial charge in [0.25, 0.3) is 0 Å². The molecule has 166 valence electrons. The standard InChI is InChI=1S/C20H26F2N4O3.HI/c1-25(2)18(27)13-24-20(23-11-10-16-5-4-12-28-16)26(3)14-15-6-8-17(9-7-15)29-19(21)22;/h4-9,12,19H,10-11,13-14H2,1-3H3,(H,23,24);1H. The predicted octanol–water partition coefficient (Wildman–Crippen LogP) is 3.21. The van der Waals surface area contributed by atoms with Gasteiger partial charge in [-0.2, -0.15) is 8.78 Å². The monoisotopic (exact) mass is 536 g/mol. The van der Waals surface area contributed by atoms with Gasteiger partial charge in [0.2, 0.25) is 5.91 Å². The number of ether oxygens (including phenoxy) is 1. The lowest BCUT2D eigenvalue weighted by molar-refractivity contribution is -0.127. The fourth-order valence-corrected chi connectivity index (χ4v) is 2.47. The van der Waals surface area contributed by atoms with Gasteiger partial charge in [-0.1, -0.05) is 12.1 Å². The molecule has 1 amide bonds. The van der Waals surface area contributed by atoms with Gasteiger partial charge in [0, 0.05) is 40.7 Å². The van der Waals surface area contributed by atoms with Crippen LogP contribution < -0.4 is 10.1 Å². The van der Waals surface area contributed by atoms with Gasteiger partial charge in [0.15, 0.2) is 5.96 Å². The summed E-state index contributed by atoms with van der Waals surface area (Å²) in [7, 11) is 5.19. The zero-order valence-electron chi connectivity index (χ0n) is 17.2. The number of amides is 1. The molecule has 0 atom stereocenters. The average molecular weight is 536 g/mol. The molecule has 0 aliphatic heterocycles. The van der Waals surface area contributed by atoms with Crippen LogP contribution in [0.4, 0.5) is 8.78 Å². The third-order valence-electron chi connectivity index (χ3n) is 4.03. The van der Waals surface area contributed by atoms with E-state index < -0.39 is 6.61 Å². The molecule has 0 bridgehead atoms. The number of alkyl halides is 2. The summed E-state index contributed by atoms with van der Waals surface area (Å²) < 4.78 is 34.2. The molecule has 0 saturated heterocycles. The zero-order chi connectivity index (χ0) is 21.2.